The fourth-order valence-electron chi connectivity index (χ4n) is 2.30. The Balaban J connectivity index is 0.00000407. The maximum Gasteiger partial charge on any atom is 0.420 e. The van der Waals surface area contributed by atoms with Crippen LogP contribution in [0.1, 0.15) is 91.6 Å². The van der Waals surface area contributed by atoms with Gasteiger partial charge in [-0.2, -0.15) is 0 Å². The molecular formula is C24H39NO5. The molecule has 0 saturated carbocycles. The molecule has 1 rings (SSSR count). The van der Waals surface area contributed by atoms with Crippen molar-refractivity contribution < 1.29 is 23.9 Å². The third-order valence-electron chi connectivity index (χ3n) is 3.44. The average molecular weight is 422 g/mol. The Morgan fingerprint density at radius 3 is 1.57 bits per heavy atom. The molecule has 0 fully saturated rings. The molecule has 0 atom stereocenters. The van der Waals surface area contributed by atoms with Crippen LogP contribution in [-0.4, -0.2) is 34.1 Å². The molecule has 0 heterocycles. The zero-order valence-corrected chi connectivity index (χ0v) is 20.3. The predicted molar refractivity (Wildman–Crippen MR) is 120 cm³/mol. The van der Waals surface area contributed by atoms with E-state index >= 15 is 0 Å². The van der Waals surface area contributed by atoms with Gasteiger partial charge in [0, 0.05) is 12.0 Å². The van der Waals surface area contributed by atoms with E-state index in [0.717, 1.165) is 4.90 Å². The van der Waals surface area contributed by atoms with E-state index in [-0.39, 0.29) is 18.2 Å². The predicted octanol–water partition coefficient (Wildman–Crippen LogP) is 6.61. The lowest BCUT2D eigenvalue weighted by molar-refractivity contribution is -0.000271. The highest BCUT2D eigenvalue weighted by atomic mass is 16.6. The van der Waals surface area contributed by atoms with Gasteiger partial charge in [-0.05, 0) is 53.0 Å². The zero-order valence-electron chi connectivity index (χ0n) is 20.3. The summed E-state index contributed by atoms with van der Waals surface area (Å²) in [5, 5.41) is 0. The lowest BCUT2D eigenvalue weighted by atomic mass is 10.0. The summed E-state index contributed by atoms with van der Waals surface area (Å²) in [6, 6.07) is 6.88. The standard InChI is InChI=1S/C22H33NO5.C2H6/c1-15(2)13-18(24)17-11-9-16(10-12-17)14-23(19(25)27-21(3,4)5)20(26)28-22(6,7)8;1-2/h9-12,15H,13-14H2,1-8H3;1-2H3. The summed E-state index contributed by atoms with van der Waals surface area (Å²) in [6.07, 6.45) is -1.08. The number of carbonyl (C=O) groups is 3. The molecule has 30 heavy (non-hydrogen) atoms. The largest absolute Gasteiger partial charge is 0.443 e. The summed E-state index contributed by atoms with van der Waals surface area (Å²) in [5.41, 5.74) is -0.189. The Kier molecular flexibility index (Phi) is 10.8. The molecule has 0 radical (unpaired) electrons. The molecule has 170 valence electrons. The SMILES string of the molecule is CC.CC(C)CC(=O)c1ccc(CN(C(=O)OC(C)(C)C)C(=O)OC(C)(C)C)cc1. The highest BCUT2D eigenvalue weighted by Crippen LogP contribution is 2.18. The van der Waals surface area contributed by atoms with Crippen LogP contribution in [0, 0.1) is 5.92 Å². The molecule has 0 spiro atoms. The molecule has 2 amide bonds. The average Bonchev–Trinajstić information content (AvgIpc) is 2.58. The number of hydrogen-bond donors (Lipinski definition) is 0. The first-order chi connectivity index (χ1) is 13.7. The molecule has 0 aliphatic carbocycles. The minimum absolute atomic E-state index is 0.0114. The number of rotatable bonds is 5. The van der Waals surface area contributed by atoms with Crippen LogP contribution in [0.5, 0.6) is 0 Å². The molecule has 1 aromatic rings. The summed E-state index contributed by atoms with van der Waals surface area (Å²) in [4.78, 5) is 38.2. The van der Waals surface area contributed by atoms with Crippen LogP contribution >= 0.6 is 0 Å². The molecule has 6 nitrogen and oxygen atoms in total. The number of amides is 2. The van der Waals surface area contributed by atoms with E-state index in [1.165, 1.54) is 0 Å². The Morgan fingerprint density at radius 2 is 1.23 bits per heavy atom. The van der Waals surface area contributed by atoms with Crippen molar-refractivity contribution in [3.8, 4) is 0 Å². The number of benzene rings is 1. The number of Topliss-reactive ketones (excluding diaryl/α,β-unsaturated/α-hetero) is 1. The van der Waals surface area contributed by atoms with Gasteiger partial charge in [-0.15, -0.1) is 0 Å². The molecular weight excluding hydrogens is 382 g/mol. The van der Waals surface area contributed by atoms with Gasteiger partial charge in [0.2, 0.25) is 0 Å². The van der Waals surface area contributed by atoms with Crippen LogP contribution in [0.4, 0.5) is 9.59 Å². The smallest absolute Gasteiger partial charge is 0.420 e. The maximum atomic E-state index is 12.5. The number of imide groups is 1. The lowest BCUT2D eigenvalue weighted by Gasteiger charge is -2.28. The number of hydrogen-bond acceptors (Lipinski definition) is 5. The highest BCUT2D eigenvalue weighted by Gasteiger charge is 2.31. The molecule has 0 aliphatic heterocycles. The van der Waals surface area contributed by atoms with Crippen molar-refractivity contribution in [1.29, 1.82) is 0 Å². The van der Waals surface area contributed by atoms with Gasteiger partial charge in [-0.3, -0.25) is 4.79 Å². The molecule has 0 aromatic heterocycles. The second-order valence-electron chi connectivity index (χ2n) is 9.26. The molecule has 0 N–H and O–H groups in total. The minimum atomic E-state index is -0.776. The van der Waals surface area contributed by atoms with E-state index in [1.807, 2.05) is 27.7 Å². The van der Waals surface area contributed by atoms with Crippen LogP contribution in [0.3, 0.4) is 0 Å². The molecule has 0 aliphatic rings. The lowest BCUT2D eigenvalue weighted by Crippen LogP contribution is -2.43. The highest BCUT2D eigenvalue weighted by molar-refractivity contribution is 5.96. The quantitative estimate of drug-likeness (QED) is 0.500. The number of ether oxygens (including phenoxy) is 2. The number of ketones is 1. The summed E-state index contributed by atoms with van der Waals surface area (Å²) >= 11 is 0. The first-order valence-electron chi connectivity index (χ1n) is 10.5. The topological polar surface area (TPSA) is 72.9 Å². The Morgan fingerprint density at radius 1 is 0.833 bits per heavy atom. The molecule has 1 aromatic carbocycles. The summed E-state index contributed by atoms with van der Waals surface area (Å²) < 4.78 is 10.7. The second-order valence-corrected chi connectivity index (χ2v) is 9.26. The molecule has 0 bridgehead atoms. The van der Waals surface area contributed by atoms with Crippen molar-refractivity contribution in [2.45, 2.75) is 93.4 Å². The van der Waals surface area contributed by atoms with Gasteiger partial charge < -0.3 is 9.47 Å². The van der Waals surface area contributed by atoms with Gasteiger partial charge in [-0.1, -0.05) is 52.0 Å². The van der Waals surface area contributed by atoms with Gasteiger partial charge in [0.1, 0.15) is 11.2 Å². The summed E-state index contributed by atoms with van der Waals surface area (Å²) in [5.74, 6) is 0.347. The van der Waals surface area contributed by atoms with Gasteiger partial charge in [0.15, 0.2) is 5.78 Å². The first kappa shape index (κ1) is 27.6. The number of nitrogens with zero attached hydrogens (tertiary/aromatic N) is 1. The Labute approximate surface area is 181 Å². The summed E-state index contributed by atoms with van der Waals surface area (Å²) in [6.45, 7) is 18.3. The van der Waals surface area contributed by atoms with Crippen molar-refractivity contribution in [2.24, 2.45) is 5.92 Å². The third-order valence-corrected chi connectivity index (χ3v) is 3.44. The molecule has 0 saturated heterocycles. The molecule has 6 heteroatoms. The third kappa shape index (κ3) is 11.0. The minimum Gasteiger partial charge on any atom is -0.443 e. The maximum absolute atomic E-state index is 12.5. The van der Waals surface area contributed by atoms with E-state index in [1.54, 1.807) is 65.8 Å². The van der Waals surface area contributed by atoms with Gasteiger partial charge >= 0.3 is 12.2 Å². The van der Waals surface area contributed by atoms with Crippen LogP contribution in [0.2, 0.25) is 0 Å². The van der Waals surface area contributed by atoms with Gasteiger partial charge in [0.25, 0.3) is 0 Å². The Hall–Kier alpha value is -2.37. The van der Waals surface area contributed by atoms with Crippen LogP contribution < -0.4 is 0 Å². The van der Waals surface area contributed by atoms with E-state index < -0.39 is 23.4 Å². The van der Waals surface area contributed by atoms with E-state index in [4.69, 9.17) is 9.47 Å². The first-order valence-corrected chi connectivity index (χ1v) is 10.5. The zero-order chi connectivity index (χ0) is 23.7. The monoisotopic (exact) mass is 421 g/mol. The number of carbonyl (C=O) groups excluding carboxylic acids is 3. The van der Waals surface area contributed by atoms with Gasteiger partial charge in [0.05, 0.1) is 6.54 Å². The van der Waals surface area contributed by atoms with Crippen molar-refractivity contribution in [2.75, 3.05) is 0 Å². The van der Waals surface area contributed by atoms with E-state index in [2.05, 4.69) is 0 Å². The van der Waals surface area contributed by atoms with Crippen molar-refractivity contribution >= 4 is 18.0 Å². The van der Waals surface area contributed by atoms with E-state index in [9.17, 15) is 14.4 Å². The van der Waals surface area contributed by atoms with Crippen molar-refractivity contribution in [3.63, 3.8) is 0 Å². The normalized spacial score (nSPS) is 11.3. The Bertz CT molecular complexity index is 666. The van der Waals surface area contributed by atoms with E-state index in [0.29, 0.717) is 17.5 Å². The molecule has 0 unspecified atom stereocenters. The van der Waals surface area contributed by atoms with Crippen LogP contribution in [-0.2, 0) is 16.0 Å². The van der Waals surface area contributed by atoms with Crippen molar-refractivity contribution in [3.05, 3.63) is 35.4 Å². The van der Waals surface area contributed by atoms with Crippen LogP contribution in [0.25, 0.3) is 0 Å². The second kappa shape index (κ2) is 11.7. The fraction of sp³-hybridized carbons (Fsp3) is 0.625. The van der Waals surface area contributed by atoms with Crippen molar-refractivity contribution in [1.82, 2.24) is 4.90 Å². The van der Waals surface area contributed by atoms with Gasteiger partial charge in [-0.25, -0.2) is 14.5 Å². The van der Waals surface area contributed by atoms with Crippen LogP contribution in [0.15, 0.2) is 24.3 Å². The fourth-order valence-corrected chi connectivity index (χ4v) is 2.30. The summed E-state index contributed by atoms with van der Waals surface area (Å²) in [7, 11) is 0.